The maximum atomic E-state index is 11.5. The second kappa shape index (κ2) is 7.20. The van der Waals surface area contributed by atoms with Gasteiger partial charge in [-0.15, -0.1) is 0 Å². The summed E-state index contributed by atoms with van der Waals surface area (Å²) in [5, 5.41) is 13.9. The van der Waals surface area contributed by atoms with Crippen LogP contribution in [-0.2, 0) is 0 Å². The number of ether oxygens (including phenoxy) is 1. The highest BCUT2D eigenvalue weighted by atomic mass is 16.5. The van der Waals surface area contributed by atoms with Crippen LogP contribution in [0.3, 0.4) is 0 Å². The van der Waals surface area contributed by atoms with E-state index in [9.17, 15) is 4.79 Å². The van der Waals surface area contributed by atoms with Crippen LogP contribution in [0.2, 0.25) is 0 Å². The molecule has 0 aliphatic heterocycles. The third-order valence-corrected chi connectivity index (χ3v) is 2.10. The van der Waals surface area contributed by atoms with Gasteiger partial charge in [0.15, 0.2) is 0 Å². The molecule has 18 heavy (non-hydrogen) atoms. The normalized spacial score (nSPS) is 9.06. The van der Waals surface area contributed by atoms with Crippen LogP contribution in [-0.4, -0.2) is 31.4 Å². The molecule has 0 saturated heterocycles. The fourth-order valence-electron chi connectivity index (χ4n) is 1.35. The number of nitrogens with one attached hydrogen (secondary N) is 2. The molecule has 1 aromatic rings. The first-order chi connectivity index (χ1) is 8.71. The molecule has 0 saturated carbocycles. The van der Waals surface area contributed by atoms with Crippen molar-refractivity contribution in [2.45, 2.75) is 6.92 Å². The molecule has 0 aliphatic rings. The number of rotatable bonds is 3. The quantitative estimate of drug-likeness (QED) is 0.703. The van der Waals surface area contributed by atoms with Crippen LogP contribution in [0, 0.1) is 11.8 Å². The average molecular weight is 248 g/mol. The highest BCUT2D eigenvalue weighted by molar-refractivity contribution is 5.91. The number of hydrogen-bond donors (Lipinski definition) is 3. The van der Waals surface area contributed by atoms with Crippen LogP contribution in [0.4, 0.5) is 10.5 Å². The Hall–Kier alpha value is -2.19. The lowest BCUT2D eigenvalue weighted by molar-refractivity contribution is 0.252. The molecule has 96 valence electrons. The minimum atomic E-state index is -0.303. The fraction of sp³-hybridized carbons (Fsp3) is 0.308. The van der Waals surface area contributed by atoms with E-state index in [0.717, 1.165) is 0 Å². The van der Waals surface area contributed by atoms with Gasteiger partial charge in [-0.1, -0.05) is 11.8 Å². The summed E-state index contributed by atoms with van der Waals surface area (Å²) in [6.07, 6.45) is 0. The predicted octanol–water partition coefficient (Wildman–Crippen LogP) is 1.18. The molecule has 5 heteroatoms. The molecule has 0 atom stereocenters. The maximum absolute atomic E-state index is 11.5. The zero-order valence-electron chi connectivity index (χ0n) is 10.4. The summed E-state index contributed by atoms with van der Waals surface area (Å²) in [7, 11) is 1.53. The summed E-state index contributed by atoms with van der Waals surface area (Å²) in [5.74, 6) is 5.86. The van der Waals surface area contributed by atoms with Crippen molar-refractivity contribution in [1.29, 1.82) is 0 Å². The van der Waals surface area contributed by atoms with Crippen LogP contribution < -0.4 is 15.4 Å². The number of carbonyl (C=O) groups excluding carboxylic acids is 1. The van der Waals surface area contributed by atoms with Crippen LogP contribution >= 0.6 is 0 Å². The first-order valence-corrected chi connectivity index (χ1v) is 5.53. The van der Waals surface area contributed by atoms with Gasteiger partial charge in [0.1, 0.15) is 12.4 Å². The Balaban J connectivity index is 2.95. The monoisotopic (exact) mass is 248 g/mol. The van der Waals surface area contributed by atoms with E-state index in [1.165, 1.54) is 7.11 Å². The lowest BCUT2D eigenvalue weighted by Crippen LogP contribution is -2.28. The van der Waals surface area contributed by atoms with Crippen molar-refractivity contribution >= 4 is 11.7 Å². The summed E-state index contributed by atoms with van der Waals surface area (Å²) in [6.45, 7) is 2.17. The second-order valence-electron chi connectivity index (χ2n) is 3.36. The molecule has 5 nitrogen and oxygen atoms in total. The number of carbonyl (C=O) groups is 1. The zero-order valence-corrected chi connectivity index (χ0v) is 10.4. The summed E-state index contributed by atoms with van der Waals surface area (Å²) < 4.78 is 5.14. The lowest BCUT2D eigenvalue weighted by Gasteiger charge is -2.10. The van der Waals surface area contributed by atoms with E-state index in [1.54, 1.807) is 18.2 Å². The Labute approximate surface area is 106 Å². The third-order valence-electron chi connectivity index (χ3n) is 2.10. The van der Waals surface area contributed by atoms with Crippen LogP contribution in [0.5, 0.6) is 5.75 Å². The van der Waals surface area contributed by atoms with Crippen LogP contribution in [0.25, 0.3) is 0 Å². The summed E-state index contributed by atoms with van der Waals surface area (Å²) >= 11 is 0. The van der Waals surface area contributed by atoms with Gasteiger partial charge in [-0.25, -0.2) is 4.79 Å². The lowest BCUT2D eigenvalue weighted by atomic mass is 10.2. The van der Waals surface area contributed by atoms with Crippen LogP contribution in [0.15, 0.2) is 18.2 Å². The molecular weight excluding hydrogens is 232 g/mol. The first kappa shape index (κ1) is 13.9. The van der Waals surface area contributed by atoms with E-state index in [2.05, 4.69) is 22.5 Å². The molecule has 0 spiro atoms. The molecule has 0 bridgehead atoms. The van der Waals surface area contributed by atoms with Gasteiger partial charge in [0.2, 0.25) is 0 Å². The molecule has 0 heterocycles. The van der Waals surface area contributed by atoms with Crippen molar-refractivity contribution in [1.82, 2.24) is 5.32 Å². The molecule has 1 rings (SSSR count). The van der Waals surface area contributed by atoms with E-state index in [4.69, 9.17) is 9.84 Å². The number of aliphatic hydroxyl groups is 1. The minimum Gasteiger partial charge on any atom is -0.495 e. The number of aliphatic hydroxyl groups excluding tert-OH is 1. The fourth-order valence-corrected chi connectivity index (χ4v) is 1.35. The highest BCUT2D eigenvalue weighted by Crippen LogP contribution is 2.25. The average Bonchev–Trinajstić information content (AvgIpc) is 2.37. The van der Waals surface area contributed by atoms with Gasteiger partial charge in [0.25, 0.3) is 0 Å². The minimum absolute atomic E-state index is 0.203. The number of hydrogen-bond acceptors (Lipinski definition) is 3. The molecule has 0 fully saturated rings. The predicted molar refractivity (Wildman–Crippen MR) is 69.7 cm³/mol. The molecule has 3 N–H and O–H groups in total. The van der Waals surface area contributed by atoms with Crippen molar-refractivity contribution in [3.05, 3.63) is 23.8 Å². The summed E-state index contributed by atoms with van der Waals surface area (Å²) in [4.78, 5) is 11.5. The van der Waals surface area contributed by atoms with E-state index in [-0.39, 0.29) is 12.6 Å². The van der Waals surface area contributed by atoms with E-state index < -0.39 is 0 Å². The topological polar surface area (TPSA) is 70.6 Å². The number of benzene rings is 1. The molecule has 1 aromatic carbocycles. The summed E-state index contributed by atoms with van der Waals surface area (Å²) in [6, 6.07) is 4.85. The Morgan fingerprint density at radius 1 is 1.50 bits per heavy atom. The Bertz CT molecular complexity index is 475. The molecule has 0 radical (unpaired) electrons. The van der Waals surface area contributed by atoms with Gasteiger partial charge in [-0.2, -0.15) is 0 Å². The van der Waals surface area contributed by atoms with Gasteiger partial charge >= 0.3 is 6.03 Å². The van der Waals surface area contributed by atoms with Crippen molar-refractivity contribution in [3.63, 3.8) is 0 Å². The van der Waals surface area contributed by atoms with Gasteiger partial charge in [0, 0.05) is 12.1 Å². The van der Waals surface area contributed by atoms with Crippen molar-refractivity contribution in [2.75, 3.05) is 25.6 Å². The zero-order chi connectivity index (χ0) is 13.4. The Kier molecular flexibility index (Phi) is 5.55. The number of anilines is 1. The highest BCUT2D eigenvalue weighted by Gasteiger charge is 2.06. The number of urea groups is 1. The van der Waals surface area contributed by atoms with Gasteiger partial charge in [-0.3, -0.25) is 0 Å². The molecule has 0 unspecified atom stereocenters. The van der Waals surface area contributed by atoms with E-state index in [1.807, 2.05) is 6.92 Å². The SMILES string of the molecule is CCNC(=O)Nc1cc(C#CCO)ccc1OC. The van der Waals surface area contributed by atoms with Crippen molar-refractivity contribution < 1.29 is 14.6 Å². The molecular formula is C13H16N2O3. The van der Waals surface area contributed by atoms with E-state index >= 15 is 0 Å². The Morgan fingerprint density at radius 2 is 2.28 bits per heavy atom. The van der Waals surface area contributed by atoms with Crippen molar-refractivity contribution in [2.24, 2.45) is 0 Å². The first-order valence-electron chi connectivity index (χ1n) is 5.53. The van der Waals surface area contributed by atoms with Crippen LogP contribution in [0.1, 0.15) is 12.5 Å². The third kappa shape index (κ3) is 4.00. The maximum Gasteiger partial charge on any atom is 0.319 e. The van der Waals surface area contributed by atoms with E-state index in [0.29, 0.717) is 23.5 Å². The van der Waals surface area contributed by atoms with Gasteiger partial charge in [0.05, 0.1) is 12.8 Å². The number of methoxy groups -OCH3 is 1. The molecule has 0 aromatic heterocycles. The number of amides is 2. The largest absolute Gasteiger partial charge is 0.495 e. The summed E-state index contributed by atoms with van der Waals surface area (Å²) in [5.41, 5.74) is 1.23. The Morgan fingerprint density at radius 3 is 2.89 bits per heavy atom. The van der Waals surface area contributed by atoms with Gasteiger partial charge < -0.3 is 20.5 Å². The molecule has 2 amide bonds. The van der Waals surface area contributed by atoms with Crippen molar-refractivity contribution in [3.8, 4) is 17.6 Å². The standard InChI is InChI=1S/C13H16N2O3/c1-3-14-13(17)15-11-9-10(5-4-8-16)6-7-12(11)18-2/h6-7,9,16H,3,8H2,1-2H3,(H2,14,15,17). The molecule has 0 aliphatic carbocycles. The van der Waals surface area contributed by atoms with Gasteiger partial charge in [-0.05, 0) is 25.1 Å². The second-order valence-corrected chi connectivity index (χ2v) is 3.36. The smallest absolute Gasteiger partial charge is 0.319 e.